The molecule has 0 unspecified atom stereocenters. The van der Waals surface area contributed by atoms with Crippen molar-refractivity contribution < 1.29 is 0 Å². The molecule has 0 aliphatic carbocycles. The molecule has 9 heteroatoms. The first-order chi connectivity index (χ1) is 14.8. The Labute approximate surface area is 172 Å². The van der Waals surface area contributed by atoms with Crippen molar-refractivity contribution in [2.45, 2.75) is 0 Å². The number of H-pyrrole nitrogens is 3. The van der Waals surface area contributed by atoms with Crippen LogP contribution < -0.4 is 4.90 Å². The molecule has 6 rings (SSSR count). The largest absolute Gasteiger partial charge is 0.368 e. The van der Waals surface area contributed by atoms with Crippen LogP contribution >= 0.6 is 0 Å². The highest BCUT2D eigenvalue weighted by Crippen LogP contribution is 2.33. The second-order valence-electron chi connectivity index (χ2n) is 7.75. The van der Waals surface area contributed by atoms with Gasteiger partial charge in [0.1, 0.15) is 11.3 Å². The summed E-state index contributed by atoms with van der Waals surface area (Å²) in [6, 6.07) is 6.34. The zero-order chi connectivity index (χ0) is 20.1. The molecule has 5 aromatic heterocycles. The lowest BCUT2D eigenvalue weighted by molar-refractivity contribution is 0.313. The highest BCUT2D eigenvalue weighted by molar-refractivity contribution is 5.98. The van der Waals surface area contributed by atoms with E-state index in [0.717, 1.165) is 70.8 Å². The molecule has 1 fully saturated rings. The van der Waals surface area contributed by atoms with E-state index in [0.29, 0.717) is 0 Å². The molecule has 0 aromatic carbocycles. The topological polar surface area (TPSA) is 105 Å². The zero-order valence-corrected chi connectivity index (χ0v) is 16.6. The van der Waals surface area contributed by atoms with Crippen LogP contribution in [0.5, 0.6) is 0 Å². The molecule has 0 radical (unpaired) electrons. The van der Waals surface area contributed by atoms with Gasteiger partial charge in [0.2, 0.25) is 0 Å². The van der Waals surface area contributed by atoms with E-state index >= 15 is 0 Å². The Balaban J connectivity index is 1.45. The molecule has 30 heavy (non-hydrogen) atoms. The van der Waals surface area contributed by atoms with Gasteiger partial charge in [-0.15, -0.1) is 0 Å². The molecule has 0 spiro atoms. The summed E-state index contributed by atoms with van der Waals surface area (Å²) < 4.78 is 0. The first-order valence-electron chi connectivity index (χ1n) is 10.0. The van der Waals surface area contributed by atoms with Gasteiger partial charge in [-0.1, -0.05) is 0 Å². The van der Waals surface area contributed by atoms with Gasteiger partial charge in [0.15, 0.2) is 5.65 Å². The summed E-state index contributed by atoms with van der Waals surface area (Å²) in [5.74, 6) is 0. The normalized spacial score (nSPS) is 15.4. The molecule has 3 N–H and O–H groups in total. The van der Waals surface area contributed by atoms with Crippen molar-refractivity contribution >= 4 is 27.8 Å². The third kappa shape index (κ3) is 2.74. The lowest BCUT2D eigenvalue weighted by Crippen LogP contribution is -2.44. The summed E-state index contributed by atoms with van der Waals surface area (Å²) in [5, 5.41) is 16.6. The highest BCUT2D eigenvalue weighted by Gasteiger charge is 2.19. The summed E-state index contributed by atoms with van der Waals surface area (Å²) >= 11 is 0. The van der Waals surface area contributed by atoms with Crippen molar-refractivity contribution in [1.82, 2.24) is 40.2 Å². The number of nitrogens with zero attached hydrogens (tertiary/aromatic N) is 6. The van der Waals surface area contributed by atoms with Crippen LogP contribution in [-0.2, 0) is 0 Å². The number of likely N-dealkylation sites (N-methyl/N-ethyl adjacent to an activating group) is 1. The molecular weight excluding hydrogens is 378 g/mol. The monoisotopic (exact) mass is 399 g/mol. The van der Waals surface area contributed by atoms with Crippen molar-refractivity contribution in [3.63, 3.8) is 0 Å². The zero-order valence-electron chi connectivity index (χ0n) is 16.6. The average Bonchev–Trinajstić information content (AvgIpc) is 3.52. The number of anilines is 1. The highest BCUT2D eigenvalue weighted by atomic mass is 15.2. The first-order valence-corrected chi connectivity index (χ1v) is 10.0. The Bertz CT molecular complexity index is 1320. The third-order valence-electron chi connectivity index (χ3n) is 5.86. The number of nitrogens with one attached hydrogen (secondary N) is 3. The standard InChI is InChI=1S/C21H21N9/c1-29-4-6-30(7-5-29)18-2-3-22-20-15(18)9-17(26-20)19-16-8-13(14-11-24-25-12-14)10-23-21(16)28-27-19/h2-3,8-12H,4-7H2,1H3,(H,22,26)(H,24,25)(H,23,27,28). The lowest BCUT2D eigenvalue weighted by Gasteiger charge is -2.34. The van der Waals surface area contributed by atoms with E-state index in [1.54, 1.807) is 6.20 Å². The molecule has 150 valence electrons. The SMILES string of the molecule is CN1CCN(c2ccnc3[nH]c(-c4n[nH]c5ncc(-c6cn[nH]c6)cc45)cc23)CC1. The second-order valence-corrected chi connectivity index (χ2v) is 7.75. The van der Waals surface area contributed by atoms with E-state index in [2.05, 4.69) is 70.4 Å². The fourth-order valence-electron chi connectivity index (χ4n) is 4.14. The second kappa shape index (κ2) is 6.67. The number of hydrogen-bond donors (Lipinski definition) is 3. The van der Waals surface area contributed by atoms with Crippen LogP contribution in [0.25, 0.3) is 44.6 Å². The van der Waals surface area contributed by atoms with Gasteiger partial charge in [-0.2, -0.15) is 10.2 Å². The Kier molecular flexibility index (Phi) is 3.81. The van der Waals surface area contributed by atoms with Gasteiger partial charge >= 0.3 is 0 Å². The quantitative estimate of drug-likeness (QED) is 0.431. The van der Waals surface area contributed by atoms with Gasteiger partial charge in [-0.25, -0.2) is 9.97 Å². The van der Waals surface area contributed by atoms with E-state index in [9.17, 15) is 0 Å². The van der Waals surface area contributed by atoms with Gasteiger partial charge in [0.25, 0.3) is 0 Å². The third-order valence-corrected chi connectivity index (χ3v) is 5.86. The average molecular weight is 399 g/mol. The van der Waals surface area contributed by atoms with Crippen LogP contribution in [0.15, 0.2) is 43.0 Å². The molecule has 0 saturated carbocycles. The predicted octanol–water partition coefficient (Wildman–Crippen LogP) is 2.64. The van der Waals surface area contributed by atoms with E-state index in [-0.39, 0.29) is 0 Å². The number of pyridine rings is 2. The van der Waals surface area contributed by atoms with Crippen LogP contribution in [0.3, 0.4) is 0 Å². The fraction of sp³-hybridized carbons (Fsp3) is 0.238. The minimum absolute atomic E-state index is 0.753. The van der Waals surface area contributed by atoms with Crippen molar-refractivity contribution in [2.24, 2.45) is 0 Å². The number of hydrogen-bond acceptors (Lipinski definition) is 6. The summed E-state index contributed by atoms with van der Waals surface area (Å²) in [6.45, 7) is 4.15. The fourth-order valence-corrected chi connectivity index (χ4v) is 4.14. The molecular formula is C21H21N9. The Morgan fingerprint density at radius 2 is 1.83 bits per heavy atom. The van der Waals surface area contributed by atoms with Gasteiger partial charge < -0.3 is 14.8 Å². The van der Waals surface area contributed by atoms with Crippen LogP contribution in [0.4, 0.5) is 5.69 Å². The Morgan fingerprint density at radius 1 is 0.933 bits per heavy atom. The molecule has 0 bridgehead atoms. The maximum atomic E-state index is 4.56. The maximum Gasteiger partial charge on any atom is 0.155 e. The first kappa shape index (κ1) is 17.2. The number of piperazine rings is 1. The number of aromatic amines is 3. The summed E-state index contributed by atoms with van der Waals surface area (Å²) in [7, 11) is 2.17. The van der Waals surface area contributed by atoms with Crippen molar-refractivity contribution in [3.8, 4) is 22.5 Å². The summed E-state index contributed by atoms with van der Waals surface area (Å²) in [6.07, 6.45) is 7.35. The summed E-state index contributed by atoms with van der Waals surface area (Å²) in [4.78, 5) is 17.3. The van der Waals surface area contributed by atoms with Gasteiger partial charge in [0, 0.05) is 72.4 Å². The number of fused-ring (bicyclic) bond motifs is 2. The summed E-state index contributed by atoms with van der Waals surface area (Å²) in [5.41, 5.74) is 6.59. The molecule has 1 aliphatic heterocycles. The molecule has 9 nitrogen and oxygen atoms in total. The predicted molar refractivity (Wildman–Crippen MR) is 116 cm³/mol. The smallest absolute Gasteiger partial charge is 0.155 e. The lowest BCUT2D eigenvalue weighted by atomic mass is 10.1. The molecule has 0 amide bonds. The Hall–Kier alpha value is -3.72. The van der Waals surface area contributed by atoms with E-state index in [1.807, 2.05) is 18.6 Å². The minimum Gasteiger partial charge on any atom is -0.368 e. The van der Waals surface area contributed by atoms with Crippen molar-refractivity contribution in [2.75, 3.05) is 38.1 Å². The van der Waals surface area contributed by atoms with Crippen molar-refractivity contribution in [3.05, 3.63) is 43.0 Å². The molecule has 0 atom stereocenters. The van der Waals surface area contributed by atoms with Crippen molar-refractivity contribution in [1.29, 1.82) is 0 Å². The Morgan fingerprint density at radius 3 is 2.67 bits per heavy atom. The van der Waals surface area contributed by atoms with E-state index in [1.165, 1.54) is 5.69 Å². The molecule has 1 aliphatic rings. The maximum absolute atomic E-state index is 4.56. The minimum atomic E-state index is 0.753. The molecule has 6 heterocycles. The number of rotatable bonds is 3. The van der Waals surface area contributed by atoms with Crippen LogP contribution in [0.1, 0.15) is 0 Å². The van der Waals surface area contributed by atoms with Gasteiger partial charge in [0.05, 0.1) is 11.9 Å². The van der Waals surface area contributed by atoms with Crippen LogP contribution in [0, 0.1) is 0 Å². The molecule has 5 aromatic rings. The van der Waals surface area contributed by atoms with E-state index < -0.39 is 0 Å². The van der Waals surface area contributed by atoms with E-state index in [4.69, 9.17) is 0 Å². The van der Waals surface area contributed by atoms with Gasteiger partial charge in [-0.05, 0) is 25.2 Å². The van der Waals surface area contributed by atoms with Crippen LogP contribution in [0.2, 0.25) is 0 Å². The van der Waals surface area contributed by atoms with Gasteiger partial charge in [-0.3, -0.25) is 10.2 Å². The molecule has 1 saturated heterocycles. The van der Waals surface area contributed by atoms with Crippen LogP contribution in [-0.4, -0.2) is 73.5 Å². The number of aromatic nitrogens is 7.